The molecule has 3 aromatic rings. The van der Waals surface area contributed by atoms with Crippen LogP contribution in [0, 0.1) is 27.7 Å². The van der Waals surface area contributed by atoms with E-state index < -0.39 is 0 Å². The Morgan fingerprint density at radius 1 is 0.583 bits per heavy atom. The maximum absolute atomic E-state index is 5.25. The van der Waals surface area contributed by atoms with Crippen LogP contribution in [0.4, 0.5) is 0 Å². The van der Waals surface area contributed by atoms with Crippen molar-refractivity contribution in [1.82, 2.24) is 0 Å². The van der Waals surface area contributed by atoms with E-state index >= 15 is 0 Å². The van der Waals surface area contributed by atoms with Crippen LogP contribution in [0.3, 0.4) is 0 Å². The van der Waals surface area contributed by atoms with Crippen LogP contribution < -0.4 is 4.74 Å². The Balaban J connectivity index is 2.08. The Hall–Kier alpha value is -2.54. The standard InChI is InChI=1S/C23H24O/c1-15-10-16(2)12-21(11-15)23-17(3)13-20(14-18(23)4)19-6-8-22(24-5)9-7-19/h6-14H,1-5H3. The lowest BCUT2D eigenvalue weighted by Gasteiger charge is -2.15. The predicted molar refractivity (Wildman–Crippen MR) is 103 cm³/mol. The van der Waals surface area contributed by atoms with Crippen LogP contribution in [-0.2, 0) is 0 Å². The van der Waals surface area contributed by atoms with Gasteiger partial charge in [0.05, 0.1) is 7.11 Å². The Kier molecular flexibility index (Phi) is 4.44. The molecule has 0 aliphatic rings. The predicted octanol–water partition coefficient (Wildman–Crippen LogP) is 6.26. The van der Waals surface area contributed by atoms with E-state index in [-0.39, 0.29) is 0 Å². The second-order valence-electron chi connectivity index (χ2n) is 6.59. The summed E-state index contributed by atoms with van der Waals surface area (Å²) in [6.07, 6.45) is 0. The van der Waals surface area contributed by atoms with Crippen molar-refractivity contribution in [3.63, 3.8) is 0 Å². The van der Waals surface area contributed by atoms with Gasteiger partial charge in [0.1, 0.15) is 5.75 Å². The molecule has 122 valence electrons. The molecule has 0 fully saturated rings. The molecule has 0 radical (unpaired) electrons. The van der Waals surface area contributed by atoms with Crippen molar-refractivity contribution in [1.29, 1.82) is 0 Å². The zero-order chi connectivity index (χ0) is 17.3. The summed E-state index contributed by atoms with van der Waals surface area (Å²) in [4.78, 5) is 0. The van der Waals surface area contributed by atoms with Gasteiger partial charge in [-0.25, -0.2) is 0 Å². The highest BCUT2D eigenvalue weighted by Crippen LogP contribution is 2.33. The summed E-state index contributed by atoms with van der Waals surface area (Å²) in [5.74, 6) is 0.888. The lowest BCUT2D eigenvalue weighted by atomic mass is 9.90. The third kappa shape index (κ3) is 3.21. The molecule has 0 bridgehead atoms. The highest BCUT2D eigenvalue weighted by atomic mass is 16.5. The van der Waals surface area contributed by atoms with Crippen LogP contribution in [0.25, 0.3) is 22.3 Å². The van der Waals surface area contributed by atoms with E-state index in [1.165, 1.54) is 44.5 Å². The molecule has 0 aliphatic carbocycles. The fraction of sp³-hybridized carbons (Fsp3) is 0.217. The lowest BCUT2D eigenvalue weighted by Crippen LogP contribution is -1.92. The fourth-order valence-corrected chi connectivity index (χ4v) is 3.49. The molecule has 0 aromatic heterocycles. The van der Waals surface area contributed by atoms with Gasteiger partial charge < -0.3 is 4.74 Å². The molecule has 3 rings (SSSR count). The van der Waals surface area contributed by atoms with Crippen LogP contribution in [-0.4, -0.2) is 7.11 Å². The first-order valence-electron chi connectivity index (χ1n) is 8.32. The summed E-state index contributed by atoms with van der Waals surface area (Å²) in [5.41, 5.74) is 10.4. The SMILES string of the molecule is COc1ccc(-c2cc(C)c(-c3cc(C)cc(C)c3)c(C)c2)cc1. The van der Waals surface area contributed by atoms with Gasteiger partial charge in [-0.15, -0.1) is 0 Å². The van der Waals surface area contributed by atoms with Gasteiger partial charge >= 0.3 is 0 Å². The van der Waals surface area contributed by atoms with Crippen molar-refractivity contribution in [2.75, 3.05) is 7.11 Å². The summed E-state index contributed by atoms with van der Waals surface area (Å²) in [6.45, 7) is 8.72. The number of ether oxygens (including phenoxy) is 1. The number of benzene rings is 3. The lowest BCUT2D eigenvalue weighted by molar-refractivity contribution is 0.415. The summed E-state index contributed by atoms with van der Waals surface area (Å²) in [6, 6.07) is 19.6. The van der Waals surface area contributed by atoms with Crippen LogP contribution in [0.2, 0.25) is 0 Å². The summed E-state index contributed by atoms with van der Waals surface area (Å²) < 4.78 is 5.25. The minimum atomic E-state index is 0.888. The van der Waals surface area contributed by atoms with E-state index in [0.29, 0.717) is 0 Å². The summed E-state index contributed by atoms with van der Waals surface area (Å²) in [7, 11) is 1.70. The monoisotopic (exact) mass is 316 g/mol. The maximum atomic E-state index is 5.25. The van der Waals surface area contributed by atoms with Crippen molar-refractivity contribution < 1.29 is 4.74 Å². The molecule has 0 atom stereocenters. The molecule has 0 saturated carbocycles. The first-order chi connectivity index (χ1) is 11.5. The Labute approximate surface area is 144 Å². The zero-order valence-corrected chi connectivity index (χ0v) is 15.1. The number of hydrogen-bond donors (Lipinski definition) is 0. The molecular weight excluding hydrogens is 292 g/mol. The molecule has 0 amide bonds. The smallest absolute Gasteiger partial charge is 0.118 e. The van der Waals surface area contributed by atoms with Crippen molar-refractivity contribution in [3.8, 4) is 28.0 Å². The molecule has 0 heterocycles. The van der Waals surface area contributed by atoms with Gasteiger partial charge in [0.2, 0.25) is 0 Å². The third-order valence-corrected chi connectivity index (χ3v) is 4.47. The Bertz CT molecular complexity index is 830. The van der Waals surface area contributed by atoms with Crippen molar-refractivity contribution in [2.24, 2.45) is 0 Å². The molecule has 1 heteroatoms. The Morgan fingerprint density at radius 3 is 1.62 bits per heavy atom. The highest BCUT2D eigenvalue weighted by Gasteiger charge is 2.10. The molecule has 3 aromatic carbocycles. The summed E-state index contributed by atoms with van der Waals surface area (Å²) >= 11 is 0. The Morgan fingerprint density at radius 2 is 1.12 bits per heavy atom. The normalized spacial score (nSPS) is 10.7. The molecule has 0 saturated heterocycles. The number of hydrogen-bond acceptors (Lipinski definition) is 1. The van der Waals surface area contributed by atoms with Gasteiger partial charge in [0.25, 0.3) is 0 Å². The largest absolute Gasteiger partial charge is 0.497 e. The van der Waals surface area contributed by atoms with Crippen LogP contribution >= 0.6 is 0 Å². The van der Waals surface area contributed by atoms with E-state index in [1.807, 2.05) is 12.1 Å². The van der Waals surface area contributed by atoms with E-state index in [2.05, 4.69) is 70.2 Å². The molecule has 1 nitrogen and oxygen atoms in total. The van der Waals surface area contributed by atoms with E-state index in [1.54, 1.807) is 7.11 Å². The maximum Gasteiger partial charge on any atom is 0.118 e. The van der Waals surface area contributed by atoms with Gasteiger partial charge in [-0.05, 0) is 73.2 Å². The quantitative estimate of drug-likeness (QED) is 0.554. The topological polar surface area (TPSA) is 9.23 Å². The molecular formula is C23H24O. The van der Waals surface area contributed by atoms with E-state index in [0.717, 1.165) is 5.75 Å². The van der Waals surface area contributed by atoms with Gasteiger partial charge in [0.15, 0.2) is 0 Å². The molecule has 0 N–H and O–H groups in total. The van der Waals surface area contributed by atoms with Crippen molar-refractivity contribution >= 4 is 0 Å². The van der Waals surface area contributed by atoms with Crippen LogP contribution in [0.1, 0.15) is 22.3 Å². The molecule has 0 unspecified atom stereocenters. The van der Waals surface area contributed by atoms with Gasteiger partial charge in [-0.1, -0.05) is 53.6 Å². The highest BCUT2D eigenvalue weighted by molar-refractivity contribution is 5.77. The van der Waals surface area contributed by atoms with Crippen LogP contribution in [0.15, 0.2) is 54.6 Å². The van der Waals surface area contributed by atoms with Gasteiger partial charge in [-0.3, -0.25) is 0 Å². The second-order valence-corrected chi connectivity index (χ2v) is 6.59. The number of methoxy groups -OCH3 is 1. The van der Waals surface area contributed by atoms with Crippen LogP contribution in [0.5, 0.6) is 5.75 Å². The first-order valence-corrected chi connectivity index (χ1v) is 8.32. The molecule has 0 aliphatic heterocycles. The average molecular weight is 316 g/mol. The minimum absolute atomic E-state index is 0.888. The van der Waals surface area contributed by atoms with Gasteiger partial charge in [-0.2, -0.15) is 0 Å². The number of rotatable bonds is 3. The van der Waals surface area contributed by atoms with Crippen molar-refractivity contribution in [3.05, 3.63) is 76.9 Å². The zero-order valence-electron chi connectivity index (χ0n) is 15.1. The van der Waals surface area contributed by atoms with E-state index in [9.17, 15) is 0 Å². The summed E-state index contributed by atoms with van der Waals surface area (Å²) in [5, 5.41) is 0. The van der Waals surface area contributed by atoms with E-state index in [4.69, 9.17) is 4.74 Å². The molecule has 24 heavy (non-hydrogen) atoms. The van der Waals surface area contributed by atoms with Crippen molar-refractivity contribution in [2.45, 2.75) is 27.7 Å². The fourth-order valence-electron chi connectivity index (χ4n) is 3.49. The second kappa shape index (κ2) is 6.52. The third-order valence-electron chi connectivity index (χ3n) is 4.47. The minimum Gasteiger partial charge on any atom is -0.497 e. The molecule has 0 spiro atoms. The van der Waals surface area contributed by atoms with Gasteiger partial charge in [0, 0.05) is 0 Å². The average Bonchev–Trinajstić information content (AvgIpc) is 2.53. The first kappa shape index (κ1) is 16.3. The number of aryl methyl sites for hydroxylation is 4.